The summed E-state index contributed by atoms with van der Waals surface area (Å²) in [4.78, 5) is 4.32. The summed E-state index contributed by atoms with van der Waals surface area (Å²) in [6.07, 6.45) is 3.32. The molecular weight excluding hydrogens is 196 g/mol. The van der Waals surface area contributed by atoms with E-state index in [9.17, 15) is 5.11 Å². The van der Waals surface area contributed by atoms with Crippen molar-refractivity contribution in [2.24, 2.45) is 0 Å². The van der Waals surface area contributed by atoms with Gasteiger partial charge in [-0.25, -0.2) is 4.98 Å². The standard InChI is InChI=1S/C10H18N2OS/c1-3-5-6-8(13)10-12-7(4-2)9(11)14-10/h8,13H,3-6,11H2,1-2H3. The van der Waals surface area contributed by atoms with Crippen LogP contribution in [0.15, 0.2) is 0 Å². The van der Waals surface area contributed by atoms with Crippen LogP contribution in [0.5, 0.6) is 0 Å². The lowest BCUT2D eigenvalue weighted by Crippen LogP contribution is -1.96. The third kappa shape index (κ3) is 2.69. The van der Waals surface area contributed by atoms with Crippen LogP contribution in [-0.4, -0.2) is 10.1 Å². The summed E-state index contributed by atoms with van der Waals surface area (Å²) in [5.74, 6) is 0. The van der Waals surface area contributed by atoms with E-state index in [0.29, 0.717) is 0 Å². The number of hydrogen-bond acceptors (Lipinski definition) is 4. The predicted octanol–water partition coefficient (Wildman–Crippen LogP) is 2.51. The van der Waals surface area contributed by atoms with Gasteiger partial charge in [-0.15, -0.1) is 0 Å². The Hall–Kier alpha value is -0.610. The molecule has 0 bridgehead atoms. The number of nitrogens with two attached hydrogens (primary N) is 1. The van der Waals surface area contributed by atoms with Gasteiger partial charge in [-0.3, -0.25) is 0 Å². The second-order valence-electron chi connectivity index (χ2n) is 3.37. The lowest BCUT2D eigenvalue weighted by atomic mass is 10.2. The van der Waals surface area contributed by atoms with Crippen molar-refractivity contribution < 1.29 is 5.11 Å². The number of thiazole rings is 1. The van der Waals surface area contributed by atoms with Crippen LogP contribution in [-0.2, 0) is 6.42 Å². The fourth-order valence-electron chi connectivity index (χ4n) is 1.30. The molecule has 0 amide bonds. The molecule has 0 spiro atoms. The summed E-state index contributed by atoms with van der Waals surface area (Å²) in [7, 11) is 0. The molecule has 14 heavy (non-hydrogen) atoms. The highest BCUT2D eigenvalue weighted by atomic mass is 32.1. The zero-order valence-electron chi connectivity index (χ0n) is 8.79. The van der Waals surface area contributed by atoms with Crippen LogP contribution in [0, 0.1) is 0 Å². The van der Waals surface area contributed by atoms with Gasteiger partial charge >= 0.3 is 0 Å². The SMILES string of the molecule is CCCCC(O)c1nc(CC)c(N)s1. The maximum Gasteiger partial charge on any atom is 0.123 e. The van der Waals surface area contributed by atoms with Crippen LogP contribution >= 0.6 is 11.3 Å². The number of aliphatic hydroxyl groups is 1. The molecule has 80 valence electrons. The molecule has 0 saturated carbocycles. The van der Waals surface area contributed by atoms with Crippen molar-refractivity contribution in [3.05, 3.63) is 10.7 Å². The molecular formula is C10H18N2OS. The lowest BCUT2D eigenvalue weighted by Gasteiger charge is -2.04. The maximum absolute atomic E-state index is 9.78. The van der Waals surface area contributed by atoms with Gasteiger partial charge in [0, 0.05) is 0 Å². The van der Waals surface area contributed by atoms with Gasteiger partial charge in [-0.2, -0.15) is 0 Å². The fourth-order valence-corrected chi connectivity index (χ4v) is 2.24. The first-order valence-corrected chi connectivity index (χ1v) is 5.93. The Balaban J connectivity index is 2.65. The van der Waals surface area contributed by atoms with Gasteiger partial charge in [0.05, 0.1) is 5.69 Å². The highest BCUT2D eigenvalue weighted by molar-refractivity contribution is 7.15. The second kappa shape index (κ2) is 5.32. The van der Waals surface area contributed by atoms with Crippen LogP contribution in [0.1, 0.15) is 49.9 Å². The molecule has 4 heteroatoms. The topological polar surface area (TPSA) is 59.1 Å². The van der Waals surface area contributed by atoms with Gasteiger partial charge in [0.25, 0.3) is 0 Å². The number of anilines is 1. The molecule has 0 saturated heterocycles. The first kappa shape index (κ1) is 11.5. The highest BCUT2D eigenvalue weighted by Gasteiger charge is 2.14. The number of nitrogens with zero attached hydrogens (tertiary/aromatic N) is 1. The minimum absolute atomic E-state index is 0.428. The first-order chi connectivity index (χ1) is 6.69. The van der Waals surface area contributed by atoms with Crippen LogP contribution < -0.4 is 5.73 Å². The minimum Gasteiger partial charge on any atom is -0.389 e. The maximum atomic E-state index is 9.78. The Morgan fingerprint density at radius 2 is 2.21 bits per heavy atom. The van der Waals surface area contributed by atoms with Crippen molar-refractivity contribution in [3.63, 3.8) is 0 Å². The molecule has 0 aliphatic rings. The summed E-state index contributed by atoms with van der Waals surface area (Å²) in [5, 5.41) is 11.3. The van der Waals surface area contributed by atoms with Crippen molar-refractivity contribution in [2.45, 2.75) is 45.6 Å². The predicted molar refractivity (Wildman–Crippen MR) is 60.4 cm³/mol. The van der Waals surface area contributed by atoms with Crippen LogP contribution in [0.4, 0.5) is 5.00 Å². The number of aryl methyl sites for hydroxylation is 1. The van der Waals surface area contributed by atoms with Crippen molar-refractivity contribution in [1.29, 1.82) is 0 Å². The molecule has 0 aromatic carbocycles. The van der Waals surface area contributed by atoms with E-state index in [1.54, 1.807) is 0 Å². The number of aromatic nitrogens is 1. The summed E-state index contributed by atoms with van der Waals surface area (Å²) in [5.41, 5.74) is 6.68. The van der Waals surface area contributed by atoms with Gasteiger partial charge in [-0.05, 0) is 12.8 Å². The molecule has 0 aliphatic carbocycles. The molecule has 1 aromatic rings. The zero-order valence-corrected chi connectivity index (χ0v) is 9.60. The molecule has 3 nitrogen and oxygen atoms in total. The molecule has 0 radical (unpaired) electrons. The van der Waals surface area contributed by atoms with Crippen molar-refractivity contribution >= 4 is 16.3 Å². The summed E-state index contributed by atoms with van der Waals surface area (Å²) >= 11 is 1.41. The number of hydrogen-bond donors (Lipinski definition) is 2. The largest absolute Gasteiger partial charge is 0.389 e. The average molecular weight is 214 g/mol. The molecule has 0 fully saturated rings. The fraction of sp³-hybridized carbons (Fsp3) is 0.700. The van der Waals surface area contributed by atoms with E-state index in [4.69, 9.17) is 5.73 Å². The van der Waals surface area contributed by atoms with Crippen molar-refractivity contribution in [1.82, 2.24) is 4.98 Å². The van der Waals surface area contributed by atoms with Crippen molar-refractivity contribution in [3.8, 4) is 0 Å². The van der Waals surface area contributed by atoms with Gasteiger partial charge in [0.2, 0.25) is 0 Å². The molecule has 1 unspecified atom stereocenters. The third-order valence-corrected chi connectivity index (χ3v) is 3.22. The monoisotopic (exact) mass is 214 g/mol. The Kier molecular flexibility index (Phi) is 4.35. The Bertz CT molecular complexity index is 286. The average Bonchev–Trinajstić information content (AvgIpc) is 2.56. The van der Waals surface area contributed by atoms with Crippen LogP contribution in [0.2, 0.25) is 0 Å². The van der Waals surface area contributed by atoms with E-state index in [2.05, 4.69) is 11.9 Å². The summed E-state index contributed by atoms with van der Waals surface area (Å²) in [6, 6.07) is 0. The third-order valence-electron chi connectivity index (χ3n) is 2.20. The molecule has 1 atom stereocenters. The number of rotatable bonds is 5. The van der Waals surface area contributed by atoms with E-state index in [1.165, 1.54) is 11.3 Å². The normalized spacial score (nSPS) is 13.1. The molecule has 1 heterocycles. The number of unbranched alkanes of at least 4 members (excludes halogenated alkanes) is 1. The van der Waals surface area contributed by atoms with Crippen LogP contribution in [0.3, 0.4) is 0 Å². The number of nitrogen functional groups attached to an aromatic ring is 1. The first-order valence-electron chi connectivity index (χ1n) is 5.12. The smallest absolute Gasteiger partial charge is 0.123 e. The van der Waals surface area contributed by atoms with Crippen molar-refractivity contribution in [2.75, 3.05) is 5.73 Å². The van der Waals surface area contributed by atoms with Gasteiger partial charge in [-0.1, -0.05) is 38.0 Å². The highest BCUT2D eigenvalue weighted by Crippen LogP contribution is 2.28. The molecule has 3 N–H and O–H groups in total. The van der Waals surface area contributed by atoms with E-state index in [0.717, 1.165) is 41.4 Å². The zero-order chi connectivity index (χ0) is 10.6. The summed E-state index contributed by atoms with van der Waals surface area (Å²) < 4.78 is 0. The molecule has 1 aromatic heterocycles. The van der Waals surface area contributed by atoms with Gasteiger partial charge in [0.15, 0.2) is 0 Å². The van der Waals surface area contributed by atoms with Crippen LogP contribution in [0.25, 0.3) is 0 Å². The number of aliphatic hydroxyl groups excluding tert-OH is 1. The van der Waals surface area contributed by atoms with E-state index >= 15 is 0 Å². The molecule has 1 rings (SSSR count). The minimum atomic E-state index is -0.428. The molecule has 0 aliphatic heterocycles. The van der Waals surface area contributed by atoms with Gasteiger partial charge in [0.1, 0.15) is 16.1 Å². The Morgan fingerprint density at radius 3 is 2.71 bits per heavy atom. The van der Waals surface area contributed by atoms with E-state index in [-0.39, 0.29) is 0 Å². The Morgan fingerprint density at radius 1 is 1.50 bits per heavy atom. The summed E-state index contributed by atoms with van der Waals surface area (Å²) in [6.45, 7) is 4.13. The van der Waals surface area contributed by atoms with Gasteiger partial charge < -0.3 is 10.8 Å². The van der Waals surface area contributed by atoms with E-state index in [1.807, 2.05) is 6.92 Å². The van der Waals surface area contributed by atoms with E-state index < -0.39 is 6.10 Å². The Labute approximate surface area is 89.0 Å². The quantitative estimate of drug-likeness (QED) is 0.791. The second-order valence-corrected chi connectivity index (χ2v) is 4.44. The lowest BCUT2D eigenvalue weighted by molar-refractivity contribution is 0.163.